The zero-order valence-electron chi connectivity index (χ0n) is 9.63. The second-order valence-electron chi connectivity index (χ2n) is 3.86. The van der Waals surface area contributed by atoms with E-state index in [2.05, 4.69) is 15.3 Å². The Hall–Kier alpha value is -2.34. The lowest BCUT2D eigenvalue weighted by atomic mass is 10.1. The Morgan fingerprint density at radius 2 is 2.05 bits per heavy atom. The summed E-state index contributed by atoms with van der Waals surface area (Å²) in [4.78, 5) is 18.9. The summed E-state index contributed by atoms with van der Waals surface area (Å²) in [6, 6.07) is 7.06. The molecule has 6 heteroatoms. The highest BCUT2D eigenvalue weighted by molar-refractivity contribution is 7.19. The molecule has 2 aromatic heterocycles. The van der Waals surface area contributed by atoms with E-state index in [4.69, 9.17) is 0 Å². The first-order chi connectivity index (χ1) is 9.26. The molecular weight excluding hydrogens is 265 g/mol. The van der Waals surface area contributed by atoms with Gasteiger partial charge in [-0.15, -0.1) is 0 Å². The quantitative estimate of drug-likeness (QED) is 0.589. The van der Waals surface area contributed by atoms with E-state index >= 15 is 0 Å². The lowest BCUT2D eigenvalue weighted by molar-refractivity contribution is -0.105. The maximum atomic E-state index is 13.1. The number of nitrogens with one attached hydrogen (secondary N) is 1. The standard InChI is InChI=1S/C13H8FN3OS/c14-12-4-10-3-8(1-2-9(10)5-15-12)11-6-16-13(19-11)17-7-18/h1-7H,(H,16,17,18). The van der Waals surface area contributed by atoms with Gasteiger partial charge in [-0.25, -0.2) is 9.97 Å². The number of amides is 1. The summed E-state index contributed by atoms with van der Waals surface area (Å²) < 4.78 is 13.1. The zero-order valence-corrected chi connectivity index (χ0v) is 10.4. The van der Waals surface area contributed by atoms with Gasteiger partial charge >= 0.3 is 0 Å². The summed E-state index contributed by atoms with van der Waals surface area (Å²) in [5.41, 5.74) is 0.926. The molecule has 0 spiro atoms. The summed E-state index contributed by atoms with van der Waals surface area (Å²) in [5, 5.41) is 4.69. The molecule has 1 amide bonds. The van der Waals surface area contributed by atoms with Gasteiger partial charge in [-0.05, 0) is 17.0 Å². The molecule has 3 rings (SSSR count). The number of rotatable bonds is 3. The van der Waals surface area contributed by atoms with Crippen molar-refractivity contribution in [3.05, 3.63) is 42.6 Å². The Bertz CT molecular complexity index is 756. The molecule has 0 aliphatic carbocycles. The van der Waals surface area contributed by atoms with Crippen LogP contribution in [0, 0.1) is 5.95 Å². The van der Waals surface area contributed by atoms with Gasteiger partial charge in [0.25, 0.3) is 0 Å². The minimum absolute atomic E-state index is 0.503. The minimum Gasteiger partial charge on any atom is -0.305 e. The van der Waals surface area contributed by atoms with Crippen LogP contribution in [0.2, 0.25) is 0 Å². The molecule has 94 valence electrons. The van der Waals surface area contributed by atoms with Gasteiger partial charge in [0.1, 0.15) is 0 Å². The molecular formula is C13H8FN3OS. The molecule has 0 aliphatic heterocycles. The van der Waals surface area contributed by atoms with E-state index < -0.39 is 5.95 Å². The Balaban J connectivity index is 2.06. The van der Waals surface area contributed by atoms with Crippen LogP contribution in [-0.4, -0.2) is 16.4 Å². The van der Waals surface area contributed by atoms with Crippen LogP contribution >= 0.6 is 11.3 Å². The number of fused-ring (bicyclic) bond motifs is 1. The number of anilines is 1. The summed E-state index contributed by atoms with van der Waals surface area (Å²) >= 11 is 1.36. The molecule has 0 atom stereocenters. The second kappa shape index (κ2) is 4.74. The number of halogens is 1. The van der Waals surface area contributed by atoms with Crippen molar-refractivity contribution < 1.29 is 9.18 Å². The maximum Gasteiger partial charge on any atom is 0.213 e. The van der Waals surface area contributed by atoms with Gasteiger partial charge in [0.15, 0.2) is 5.13 Å². The smallest absolute Gasteiger partial charge is 0.213 e. The fourth-order valence-corrected chi connectivity index (χ4v) is 2.56. The first-order valence-corrected chi connectivity index (χ1v) is 6.29. The van der Waals surface area contributed by atoms with Crippen LogP contribution in [0.3, 0.4) is 0 Å². The third kappa shape index (κ3) is 2.30. The Morgan fingerprint density at radius 1 is 1.16 bits per heavy atom. The van der Waals surface area contributed by atoms with E-state index in [9.17, 15) is 9.18 Å². The lowest BCUT2D eigenvalue weighted by Gasteiger charge is -2.00. The number of thiazole rings is 1. The Morgan fingerprint density at radius 3 is 2.89 bits per heavy atom. The van der Waals surface area contributed by atoms with Gasteiger partial charge in [0.2, 0.25) is 12.4 Å². The van der Waals surface area contributed by atoms with Gasteiger partial charge in [-0.1, -0.05) is 23.5 Å². The zero-order chi connectivity index (χ0) is 13.2. The molecule has 0 radical (unpaired) electrons. The van der Waals surface area contributed by atoms with Crippen molar-refractivity contribution in [1.82, 2.24) is 9.97 Å². The summed E-state index contributed by atoms with van der Waals surface area (Å²) in [6.07, 6.45) is 3.76. The predicted octanol–water partition coefficient (Wildman–Crippen LogP) is 3.07. The number of pyridine rings is 1. The number of nitrogens with zero attached hydrogens (tertiary/aromatic N) is 2. The fourth-order valence-electron chi connectivity index (χ4n) is 1.79. The number of benzene rings is 1. The summed E-state index contributed by atoms with van der Waals surface area (Å²) in [7, 11) is 0. The highest BCUT2D eigenvalue weighted by atomic mass is 32.1. The average Bonchev–Trinajstić information content (AvgIpc) is 2.87. The van der Waals surface area contributed by atoms with E-state index in [0.717, 1.165) is 21.2 Å². The first-order valence-electron chi connectivity index (χ1n) is 5.48. The average molecular weight is 273 g/mol. The van der Waals surface area contributed by atoms with E-state index in [1.807, 2.05) is 18.2 Å². The molecule has 4 nitrogen and oxygen atoms in total. The van der Waals surface area contributed by atoms with Gasteiger partial charge in [-0.3, -0.25) is 4.79 Å². The number of aromatic nitrogens is 2. The van der Waals surface area contributed by atoms with Crippen LogP contribution in [0.5, 0.6) is 0 Å². The van der Waals surface area contributed by atoms with Gasteiger partial charge in [0.05, 0.1) is 4.88 Å². The Labute approximate surface area is 111 Å². The second-order valence-corrected chi connectivity index (χ2v) is 4.89. The van der Waals surface area contributed by atoms with E-state index in [0.29, 0.717) is 11.5 Å². The lowest BCUT2D eigenvalue weighted by Crippen LogP contribution is -1.90. The molecule has 1 aromatic carbocycles. The fraction of sp³-hybridized carbons (Fsp3) is 0. The number of hydrogen-bond acceptors (Lipinski definition) is 4. The van der Waals surface area contributed by atoms with Crippen LogP contribution < -0.4 is 5.32 Å². The van der Waals surface area contributed by atoms with Gasteiger partial charge in [-0.2, -0.15) is 4.39 Å². The molecule has 0 fully saturated rings. The van der Waals surface area contributed by atoms with Crippen molar-refractivity contribution in [1.29, 1.82) is 0 Å². The molecule has 0 unspecified atom stereocenters. The van der Waals surface area contributed by atoms with E-state index in [1.54, 1.807) is 6.20 Å². The molecule has 0 aliphatic rings. The van der Waals surface area contributed by atoms with Crippen molar-refractivity contribution >= 4 is 33.7 Å². The Kier molecular flexibility index (Phi) is 2.92. The number of hydrogen-bond donors (Lipinski definition) is 1. The van der Waals surface area contributed by atoms with Crippen molar-refractivity contribution in [2.45, 2.75) is 0 Å². The number of carbonyl (C=O) groups is 1. The normalized spacial score (nSPS) is 10.6. The summed E-state index contributed by atoms with van der Waals surface area (Å²) in [6.45, 7) is 0. The van der Waals surface area contributed by atoms with Crippen molar-refractivity contribution in [2.24, 2.45) is 0 Å². The van der Waals surface area contributed by atoms with Gasteiger partial charge in [0, 0.05) is 23.8 Å². The van der Waals surface area contributed by atoms with Crippen molar-refractivity contribution in [3.8, 4) is 10.4 Å². The molecule has 0 bridgehead atoms. The molecule has 0 saturated heterocycles. The van der Waals surface area contributed by atoms with Crippen molar-refractivity contribution in [3.63, 3.8) is 0 Å². The third-order valence-electron chi connectivity index (χ3n) is 2.66. The van der Waals surface area contributed by atoms with Crippen LogP contribution in [0.25, 0.3) is 21.2 Å². The van der Waals surface area contributed by atoms with Crippen LogP contribution in [-0.2, 0) is 4.79 Å². The van der Waals surface area contributed by atoms with Crippen LogP contribution in [0.15, 0.2) is 36.7 Å². The molecule has 1 N–H and O–H groups in total. The molecule has 2 heterocycles. The minimum atomic E-state index is -0.503. The SMILES string of the molecule is O=CNc1ncc(-c2ccc3cnc(F)cc3c2)s1. The largest absolute Gasteiger partial charge is 0.305 e. The highest BCUT2D eigenvalue weighted by Crippen LogP contribution is 2.30. The predicted molar refractivity (Wildman–Crippen MR) is 72.5 cm³/mol. The molecule has 3 aromatic rings. The first kappa shape index (κ1) is 11.7. The monoisotopic (exact) mass is 273 g/mol. The topological polar surface area (TPSA) is 54.9 Å². The van der Waals surface area contributed by atoms with E-state index in [-0.39, 0.29) is 0 Å². The van der Waals surface area contributed by atoms with Crippen molar-refractivity contribution in [2.75, 3.05) is 5.32 Å². The maximum absolute atomic E-state index is 13.1. The van der Waals surface area contributed by atoms with Crippen LogP contribution in [0.1, 0.15) is 0 Å². The highest BCUT2D eigenvalue weighted by Gasteiger charge is 2.05. The summed E-state index contributed by atoms with van der Waals surface area (Å²) in [5.74, 6) is -0.503. The van der Waals surface area contributed by atoms with Crippen LogP contribution in [0.4, 0.5) is 9.52 Å². The molecule has 19 heavy (non-hydrogen) atoms. The molecule has 0 saturated carbocycles. The third-order valence-corrected chi connectivity index (χ3v) is 3.64. The van der Waals surface area contributed by atoms with E-state index in [1.165, 1.54) is 23.6 Å². The van der Waals surface area contributed by atoms with Gasteiger partial charge < -0.3 is 5.32 Å². The number of carbonyl (C=O) groups excluding carboxylic acids is 1.